The maximum Gasteiger partial charge on any atom is 0.191 e. The van der Waals surface area contributed by atoms with Crippen molar-refractivity contribution < 1.29 is 0 Å². The zero-order chi connectivity index (χ0) is 13.7. The second-order valence-electron chi connectivity index (χ2n) is 5.07. The second kappa shape index (κ2) is 8.77. The van der Waals surface area contributed by atoms with Gasteiger partial charge < -0.3 is 10.6 Å². The second-order valence-corrected chi connectivity index (χ2v) is 5.91. The van der Waals surface area contributed by atoms with E-state index in [1.165, 1.54) is 28.9 Å². The van der Waals surface area contributed by atoms with Gasteiger partial charge in [0.15, 0.2) is 5.96 Å². The first-order valence-corrected chi connectivity index (χ1v) is 8.03. The van der Waals surface area contributed by atoms with Gasteiger partial charge in [0, 0.05) is 25.0 Å². The van der Waals surface area contributed by atoms with Crippen LogP contribution in [0.2, 0.25) is 0 Å². The standard InChI is InChI=1S/C15H23N3S.HI/c1-11-4-7-13(14(8-11)19-3)10-18-15(16-2)17-9-12-5-6-12;/h4,7-8,12H,5-6,9-10H2,1-3H3,(H2,16,17,18);1H. The van der Waals surface area contributed by atoms with E-state index < -0.39 is 0 Å². The van der Waals surface area contributed by atoms with Crippen LogP contribution in [0.5, 0.6) is 0 Å². The van der Waals surface area contributed by atoms with Gasteiger partial charge in [-0.15, -0.1) is 35.7 Å². The zero-order valence-corrected chi connectivity index (χ0v) is 15.5. The Morgan fingerprint density at radius 1 is 1.35 bits per heavy atom. The average Bonchev–Trinajstić information content (AvgIpc) is 3.24. The highest BCUT2D eigenvalue weighted by molar-refractivity contribution is 14.0. The topological polar surface area (TPSA) is 36.4 Å². The molecule has 2 rings (SSSR count). The smallest absolute Gasteiger partial charge is 0.191 e. The molecular weight excluding hydrogens is 381 g/mol. The summed E-state index contributed by atoms with van der Waals surface area (Å²) in [6.45, 7) is 4.00. The number of rotatable bonds is 5. The molecule has 0 radical (unpaired) electrons. The van der Waals surface area contributed by atoms with E-state index in [1.54, 1.807) is 11.8 Å². The Balaban J connectivity index is 0.00000200. The minimum absolute atomic E-state index is 0. The van der Waals surface area contributed by atoms with Gasteiger partial charge in [-0.1, -0.05) is 12.1 Å². The van der Waals surface area contributed by atoms with Crippen molar-refractivity contribution in [1.82, 2.24) is 10.6 Å². The molecule has 0 aromatic heterocycles. The fourth-order valence-electron chi connectivity index (χ4n) is 1.96. The molecule has 0 aliphatic heterocycles. The summed E-state index contributed by atoms with van der Waals surface area (Å²) in [6, 6.07) is 6.60. The Morgan fingerprint density at radius 2 is 2.10 bits per heavy atom. The molecule has 0 unspecified atom stereocenters. The van der Waals surface area contributed by atoms with Gasteiger partial charge in [0.1, 0.15) is 0 Å². The van der Waals surface area contributed by atoms with E-state index in [0.717, 1.165) is 25.0 Å². The van der Waals surface area contributed by atoms with Gasteiger partial charge in [-0.3, -0.25) is 4.99 Å². The van der Waals surface area contributed by atoms with E-state index in [9.17, 15) is 0 Å². The number of nitrogens with zero attached hydrogens (tertiary/aromatic N) is 1. The number of nitrogens with one attached hydrogen (secondary N) is 2. The summed E-state index contributed by atoms with van der Waals surface area (Å²) in [7, 11) is 1.83. The molecule has 1 aromatic carbocycles. The number of guanidine groups is 1. The molecular formula is C15H24IN3S. The maximum absolute atomic E-state index is 4.26. The third-order valence-electron chi connectivity index (χ3n) is 3.37. The molecule has 1 aliphatic rings. The Bertz CT molecular complexity index is 458. The molecule has 2 N–H and O–H groups in total. The summed E-state index contributed by atoms with van der Waals surface area (Å²) >= 11 is 1.80. The van der Waals surface area contributed by atoms with Gasteiger partial charge in [-0.05, 0) is 49.1 Å². The molecule has 0 saturated heterocycles. The Morgan fingerprint density at radius 3 is 2.70 bits per heavy atom. The number of halogens is 1. The van der Waals surface area contributed by atoms with Crippen molar-refractivity contribution in [2.24, 2.45) is 10.9 Å². The van der Waals surface area contributed by atoms with Gasteiger partial charge in [0.05, 0.1) is 0 Å². The number of hydrogen-bond donors (Lipinski definition) is 2. The summed E-state index contributed by atoms with van der Waals surface area (Å²) in [5.41, 5.74) is 2.64. The van der Waals surface area contributed by atoms with Crippen molar-refractivity contribution in [3.8, 4) is 0 Å². The molecule has 20 heavy (non-hydrogen) atoms. The van der Waals surface area contributed by atoms with Crippen molar-refractivity contribution in [3.05, 3.63) is 29.3 Å². The van der Waals surface area contributed by atoms with Crippen LogP contribution in [0.3, 0.4) is 0 Å². The van der Waals surface area contributed by atoms with Gasteiger partial charge in [-0.2, -0.15) is 0 Å². The monoisotopic (exact) mass is 405 g/mol. The van der Waals surface area contributed by atoms with E-state index >= 15 is 0 Å². The third kappa shape index (κ3) is 5.52. The van der Waals surface area contributed by atoms with Crippen LogP contribution in [0.15, 0.2) is 28.1 Å². The molecule has 1 saturated carbocycles. The third-order valence-corrected chi connectivity index (χ3v) is 4.19. The summed E-state index contributed by atoms with van der Waals surface area (Å²) in [6.07, 6.45) is 4.84. The summed E-state index contributed by atoms with van der Waals surface area (Å²) in [5, 5.41) is 6.77. The highest BCUT2D eigenvalue weighted by Gasteiger charge is 2.21. The number of aliphatic imine (C=N–C) groups is 1. The Kier molecular flexibility index (Phi) is 7.72. The van der Waals surface area contributed by atoms with Crippen LogP contribution >= 0.6 is 35.7 Å². The van der Waals surface area contributed by atoms with Crippen molar-refractivity contribution in [2.75, 3.05) is 19.8 Å². The van der Waals surface area contributed by atoms with E-state index in [2.05, 4.69) is 47.0 Å². The number of thioether (sulfide) groups is 1. The number of aryl methyl sites for hydroxylation is 1. The maximum atomic E-state index is 4.26. The normalized spacial score (nSPS) is 14.7. The Labute approximate surface area is 143 Å². The molecule has 3 nitrogen and oxygen atoms in total. The van der Waals surface area contributed by atoms with Crippen molar-refractivity contribution in [2.45, 2.75) is 31.2 Å². The number of benzene rings is 1. The van der Waals surface area contributed by atoms with Crippen molar-refractivity contribution >= 4 is 41.7 Å². The molecule has 5 heteroatoms. The van der Waals surface area contributed by atoms with Crippen LogP contribution in [0.25, 0.3) is 0 Å². The van der Waals surface area contributed by atoms with Gasteiger partial charge in [0.25, 0.3) is 0 Å². The lowest BCUT2D eigenvalue weighted by Crippen LogP contribution is -2.37. The fraction of sp³-hybridized carbons (Fsp3) is 0.533. The fourth-order valence-corrected chi connectivity index (χ4v) is 2.67. The van der Waals surface area contributed by atoms with Crippen LogP contribution in [0.4, 0.5) is 0 Å². The first-order valence-electron chi connectivity index (χ1n) is 6.81. The first kappa shape index (κ1) is 17.6. The molecule has 0 heterocycles. The highest BCUT2D eigenvalue weighted by Crippen LogP contribution is 2.27. The lowest BCUT2D eigenvalue weighted by molar-refractivity contribution is 0.735. The Hall–Kier alpha value is -0.430. The van der Waals surface area contributed by atoms with E-state index in [-0.39, 0.29) is 24.0 Å². The largest absolute Gasteiger partial charge is 0.356 e. The molecule has 0 amide bonds. The first-order chi connectivity index (χ1) is 9.22. The number of hydrogen-bond acceptors (Lipinski definition) is 2. The van der Waals surface area contributed by atoms with Crippen LogP contribution in [0.1, 0.15) is 24.0 Å². The van der Waals surface area contributed by atoms with Gasteiger partial charge >= 0.3 is 0 Å². The van der Waals surface area contributed by atoms with Gasteiger partial charge in [0.2, 0.25) is 0 Å². The summed E-state index contributed by atoms with van der Waals surface area (Å²) in [5.74, 6) is 1.76. The van der Waals surface area contributed by atoms with E-state index in [1.807, 2.05) is 7.05 Å². The highest BCUT2D eigenvalue weighted by atomic mass is 127. The summed E-state index contributed by atoms with van der Waals surface area (Å²) < 4.78 is 0. The van der Waals surface area contributed by atoms with E-state index in [4.69, 9.17) is 0 Å². The van der Waals surface area contributed by atoms with Crippen LogP contribution in [0, 0.1) is 12.8 Å². The van der Waals surface area contributed by atoms with E-state index in [0.29, 0.717) is 0 Å². The molecule has 0 bridgehead atoms. The molecule has 1 aliphatic carbocycles. The summed E-state index contributed by atoms with van der Waals surface area (Å²) in [4.78, 5) is 5.60. The zero-order valence-electron chi connectivity index (χ0n) is 12.4. The molecule has 1 aromatic rings. The SMILES string of the molecule is CN=C(NCc1ccc(C)cc1SC)NCC1CC1.I. The minimum Gasteiger partial charge on any atom is -0.356 e. The molecule has 0 atom stereocenters. The van der Waals surface area contributed by atoms with Crippen LogP contribution in [-0.4, -0.2) is 25.8 Å². The predicted molar refractivity (Wildman–Crippen MR) is 99.3 cm³/mol. The average molecular weight is 405 g/mol. The lowest BCUT2D eigenvalue weighted by Gasteiger charge is -2.13. The predicted octanol–water partition coefficient (Wildman–Crippen LogP) is 3.41. The minimum atomic E-state index is 0. The van der Waals surface area contributed by atoms with Crippen molar-refractivity contribution in [3.63, 3.8) is 0 Å². The molecule has 0 spiro atoms. The lowest BCUT2D eigenvalue weighted by atomic mass is 10.1. The quantitative estimate of drug-likeness (QED) is 0.341. The van der Waals surface area contributed by atoms with Crippen LogP contribution in [-0.2, 0) is 6.54 Å². The van der Waals surface area contributed by atoms with Crippen LogP contribution < -0.4 is 10.6 Å². The van der Waals surface area contributed by atoms with Gasteiger partial charge in [-0.25, -0.2) is 0 Å². The molecule has 112 valence electrons. The van der Waals surface area contributed by atoms with Crippen molar-refractivity contribution in [1.29, 1.82) is 0 Å². The molecule has 1 fully saturated rings.